The summed E-state index contributed by atoms with van der Waals surface area (Å²) in [5, 5.41) is 42.0. The molecule has 16 heavy (non-hydrogen) atoms. The van der Waals surface area contributed by atoms with Crippen LogP contribution in [-0.2, 0) is 0 Å². The first-order valence-electron chi connectivity index (χ1n) is 5.75. The average molecular weight is 236 g/mol. The monoisotopic (exact) mass is 236 g/mol. The van der Waals surface area contributed by atoms with Gasteiger partial charge in [-0.15, -0.1) is 0 Å². The van der Waals surface area contributed by atoms with E-state index in [0.29, 0.717) is 0 Å². The minimum atomic E-state index is -0.954. The van der Waals surface area contributed by atoms with Crippen LogP contribution in [0.3, 0.4) is 0 Å². The molecule has 1 fully saturated rings. The van der Waals surface area contributed by atoms with Crippen LogP contribution in [-0.4, -0.2) is 58.1 Å². The molecule has 5 nitrogen and oxygen atoms in total. The maximum atomic E-state index is 8.98. The van der Waals surface area contributed by atoms with Gasteiger partial charge in [0.05, 0.1) is 26.4 Å². The van der Waals surface area contributed by atoms with E-state index in [2.05, 4.69) is 0 Å². The van der Waals surface area contributed by atoms with Crippen LogP contribution >= 0.6 is 0 Å². The molecule has 98 valence electrons. The SMILES string of the molecule is OCC(O)CO.OCC1(CO)CCCCC1. The van der Waals surface area contributed by atoms with Gasteiger partial charge in [-0.3, -0.25) is 0 Å². The molecule has 0 aliphatic heterocycles. The van der Waals surface area contributed by atoms with Crippen LogP contribution in [0.2, 0.25) is 0 Å². The topological polar surface area (TPSA) is 101 Å². The quantitative estimate of drug-likeness (QED) is 0.442. The standard InChI is InChI=1S/C8H16O2.C3H8O3/c9-6-8(7-10)4-2-1-3-5-8;4-1-3(6)2-5/h9-10H,1-7H2;3-6H,1-2H2. The van der Waals surface area contributed by atoms with Crippen LogP contribution in [0.1, 0.15) is 32.1 Å². The van der Waals surface area contributed by atoms with Gasteiger partial charge in [0.1, 0.15) is 6.10 Å². The lowest BCUT2D eigenvalue weighted by Crippen LogP contribution is -2.31. The summed E-state index contributed by atoms with van der Waals surface area (Å²) in [7, 11) is 0. The molecular weight excluding hydrogens is 212 g/mol. The zero-order chi connectivity index (χ0) is 12.4. The van der Waals surface area contributed by atoms with Gasteiger partial charge in [-0.1, -0.05) is 19.3 Å². The lowest BCUT2D eigenvalue weighted by molar-refractivity contribution is 0.0234. The molecule has 0 atom stereocenters. The molecule has 0 radical (unpaired) electrons. The third-order valence-electron chi connectivity index (χ3n) is 3.01. The predicted octanol–water partition coefficient (Wildman–Crippen LogP) is -0.747. The fraction of sp³-hybridized carbons (Fsp3) is 1.00. The molecule has 5 heteroatoms. The third kappa shape index (κ3) is 5.77. The van der Waals surface area contributed by atoms with Crippen LogP contribution in [0.15, 0.2) is 0 Å². The molecule has 0 heterocycles. The first-order chi connectivity index (χ1) is 7.64. The molecule has 1 rings (SSSR count). The van der Waals surface area contributed by atoms with Crippen molar-refractivity contribution in [2.45, 2.75) is 38.2 Å². The summed E-state index contributed by atoms with van der Waals surface area (Å²) in [4.78, 5) is 0. The van der Waals surface area contributed by atoms with E-state index in [4.69, 9.17) is 25.5 Å². The van der Waals surface area contributed by atoms with Gasteiger partial charge in [0, 0.05) is 5.41 Å². The smallest absolute Gasteiger partial charge is 0.100 e. The van der Waals surface area contributed by atoms with Crippen LogP contribution < -0.4 is 0 Å². The summed E-state index contributed by atoms with van der Waals surface area (Å²) in [6, 6.07) is 0. The van der Waals surface area contributed by atoms with Gasteiger partial charge in [0.2, 0.25) is 0 Å². The molecule has 1 aliphatic rings. The first-order valence-corrected chi connectivity index (χ1v) is 5.75. The van der Waals surface area contributed by atoms with E-state index in [1.807, 2.05) is 0 Å². The highest BCUT2D eigenvalue weighted by Crippen LogP contribution is 2.34. The molecule has 0 aromatic rings. The van der Waals surface area contributed by atoms with Crippen LogP contribution in [0.25, 0.3) is 0 Å². The molecule has 1 saturated carbocycles. The van der Waals surface area contributed by atoms with E-state index >= 15 is 0 Å². The Bertz CT molecular complexity index is 146. The Balaban J connectivity index is 0.000000325. The van der Waals surface area contributed by atoms with Crippen molar-refractivity contribution >= 4 is 0 Å². The predicted molar refractivity (Wildman–Crippen MR) is 59.9 cm³/mol. The number of hydrogen-bond acceptors (Lipinski definition) is 5. The normalized spacial score (nSPS) is 19.1. The van der Waals surface area contributed by atoms with Crippen molar-refractivity contribution in [2.75, 3.05) is 26.4 Å². The maximum absolute atomic E-state index is 8.98. The Morgan fingerprint density at radius 1 is 0.812 bits per heavy atom. The van der Waals surface area contributed by atoms with Gasteiger partial charge in [-0.05, 0) is 12.8 Å². The summed E-state index contributed by atoms with van der Waals surface area (Å²) in [6.45, 7) is -0.417. The second-order valence-corrected chi connectivity index (χ2v) is 4.40. The van der Waals surface area contributed by atoms with Crippen LogP contribution in [0.4, 0.5) is 0 Å². The van der Waals surface area contributed by atoms with E-state index in [0.717, 1.165) is 12.8 Å². The third-order valence-corrected chi connectivity index (χ3v) is 3.01. The molecule has 0 aromatic heterocycles. The van der Waals surface area contributed by atoms with Crippen molar-refractivity contribution < 1.29 is 25.5 Å². The molecule has 5 N–H and O–H groups in total. The summed E-state index contributed by atoms with van der Waals surface area (Å²) >= 11 is 0. The van der Waals surface area contributed by atoms with Gasteiger partial charge >= 0.3 is 0 Å². The molecule has 0 unspecified atom stereocenters. The Morgan fingerprint density at radius 3 is 1.44 bits per heavy atom. The molecule has 0 bridgehead atoms. The molecule has 0 amide bonds. The second-order valence-electron chi connectivity index (χ2n) is 4.40. The average Bonchev–Trinajstić information content (AvgIpc) is 2.39. The molecular formula is C11H24O5. The highest BCUT2D eigenvalue weighted by molar-refractivity contribution is 4.80. The van der Waals surface area contributed by atoms with Crippen LogP contribution in [0.5, 0.6) is 0 Å². The second kappa shape index (κ2) is 8.90. The zero-order valence-electron chi connectivity index (χ0n) is 9.68. The molecule has 0 aromatic carbocycles. The van der Waals surface area contributed by atoms with Gasteiger partial charge in [-0.2, -0.15) is 0 Å². The van der Waals surface area contributed by atoms with E-state index in [1.54, 1.807) is 0 Å². The fourth-order valence-corrected chi connectivity index (χ4v) is 1.73. The fourth-order valence-electron chi connectivity index (χ4n) is 1.73. The van der Waals surface area contributed by atoms with E-state index in [9.17, 15) is 0 Å². The van der Waals surface area contributed by atoms with E-state index < -0.39 is 6.10 Å². The van der Waals surface area contributed by atoms with E-state index in [-0.39, 0.29) is 31.8 Å². The minimum absolute atomic E-state index is 0.127. The van der Waals surface area contributed by atoms with Crippen molar-refractivity contribution in [1.29, 1.82) is 0 Å². The van der Waals surface area contributed by atoms with Crippen molar-refractivity contribution in [3.8, 4) is 0 Å². The van der Waals surface area contributed by atoms with Gasteiger partial charge in [0.15, 0.2) is 0 Å². The summed E-state index contributed by atoms with van der Waals surface area (Å²) < 4.78 is 0. The van der Waals surface area contributed by atoms with Gasteiger partial charge in [0.25, 0.3) is 0 Å². The number of aliphatic hydroxyl groups is 5. The Labute approximate surface area is 96.4 Å². The van der Waals surface area contributed by atoms with Crippen molar-refractivity contribution in [2.24, 2.45) is 5.41 Å². The summed E-state index contributed by atoms with van der Waals surface area (Å²) in [5.74, 6) is 0. The number of rotatable bonds is 4. The largest absolute Gasteiger partial charge is 0.396 e. The minimum Gasteiger partial charge on any atom is -0.396 e. The Kier molecular flexibility index (Phi) is 8.78. The lowest BCUT2D eigenvalue weighted by Gasteiger charge is -2.33. The number of hydrogen-bond donors (Lipinski definition) is 5. The van der Waals surface area contributed by atoms with Crippen molar-refractivity contribution in [1.82, 2.24) is 0 Å². The summed E-state index contributed by atoms with van der Waals surface area (Å²) in [5.41, 5.74) is -0.127. The maximum Gasteiger partial charge on any atom is 0.100 e. The van der Waals surface area contributed by atoms with Gasteiger partial charge < -0.3 is 25.5 Å². The van der Waals surface area contributed by atoms with Crippen molar-refractivity contribution in [3.63, 3.8) is 0 Å². The first kappa shape index (κ1) is 15.8. The van der Waals surface area contributed by atoms with E-state index in [1.165, 1.54) is 19.3 Å². The molecule has 0 saturated heterocycles. The lowest BCUT2D eigenvalue weighted by atomic mass is 9.75. The Morgan fingerprint density at radius 2 is 1.25 bits per heavy atom. The summed E-state index contributed by atoms with van der Waals surface area (Å²) in [6.07, 6.45) is 4.65. The van der Waals surface area contributed by atoms with Gasteiger partial charge in [-0.25, -0.2) is 0 Å². The van der Waals surface area contributed by atoms with Crippen molar-refractivity contribution in [3.05, 3.63) is 0 Å². The molecule has 0 spiro atoms. The highest BCUT2D eigenvalue weighted by Gasteiger charge is 2.30. The zero-order valence-corrected chi connectivity index (χ0v) is 9.68. The van der Waals surface area contributed by atoms with Crippen LogP contribution in [0, 0.1) is 5.41 Å². The Hall–Kier alpha value is -0.200. The number of aliphatic hydroxyl groups excluding tert-OH is 5. The highest BCUT2D eigenvalue weighted by atomic mass is 16.3. The molecule has 1 aliphatic carbocycles.